The maximum absolute atomic E-state index is 5.46. The number of aromatic nitrogens is 3. The predicted molar refractivity (Wildman–Crippen MR) is 108 cm³/mol. The summed E-state index contributed by atoms with van der Waals surface area (Å²) in [6, 6.07) is 13.7. The van der Waals surface area contributed by atoms with E-state index in [0.29, 0.717) is 17.5 Å². The Labute approximate surface area is 167 Å². The molecule has 2 aliphatic rings. The first-order valence-corrected chi connectivity index (χ1v) is 9.40. The van der Waals surface area contributed by atoms with Crippen molar-refractivity contribution in [2.75, 3.05) is 48.6 Å². The van der Waals surface area contributed by atoms with Crippen LogP contribution in [0.25, 0.3) is 0 Å². The van der Waals surface area contributed by atoms with Gasteiger partial charge in [0.05, 0.1) is 30.8 Å². The first-order valence-electron chi connectivity index (χ1n) is 9.40. The first-order chi connectivity index (χ1) is 14.3. The van der Waals surface area contributed by atoms with Gasteiger partial charge >= 0.3 is 0 Å². The van der Waals surface area contributed by atoms with Crippen molar-refractivity contribution in [3.63, 3.8) is 0 Å². The molecule has 2 N–H and O–H groups in total. The number of hydrogen-bond acceptors (Lipinski definition) is 9. The van der Waals surface area contributed by atoms with Crippen molar-refractivity contribution in [2.24, 2.45) is 0 Å². The molecule has 0 radical (unpaired) electrons. The van der Waals surface area contributed by atoms with E-state index in [-0.39, 0.29) is 6.79 Å². The van der Waals surface area contributed by atoms with E-state index < -0.39 is 0 Å². The Morgan fingerprint density at radius 3 is 2.72 bits per heavy atom. The average molecular weight is 392 g/mol. The number of para-hydroxylation sites is 2. The normalized spacial score (nSPS) is 15.2. The molecule has 9 heteroatoms. The van der Waals surface area contributed by atoms with E-state index in [1.807, 2.05) is 36.4 Å². The van der Waals surface area contributed by atoms with Crippen LogP contribution >= 0.6 is 0 Å². The molecule has 1 saturated heterocycles. The molecule has 2 aromatic carbocycles. The molecule has 3 heterocycles. The maximum Gasteiger partial charge on any atom is 0.249 e. The molecule has 9 nitrogen and oxygen atoms in total. The zero-order chi connectivity index (χ0) is 19.5. The summed E-state index contributed by atoms with van der Waals surface area (Å²) in [5.74, 6) is 2.43. The molecule has 0 saturated carbocycles. The standard InChI is InChI=1S/C20H20N6O3/c1-2-4-16(26-7-9-27-10-8-26)15(3-1)23-20-24-19(12-21-25-20)22-14-5-6-17-18(11-14)29-13-28-17/h1-6,11-12H,7-10,13H2,(H2,22,23,24,25). The van der Waals surface area contributed by atoms with Gasteiger partial charge in [0.25, 0.3) is 0 Å². The Morgan fingerprint density at radius 1 is 0.931 bits per heavy atom. The number of benzene rings is 2. The fourth-order valence-electron chi connectivity index (χ4n) is 3.32. The topological polar surface area (TPSA) is 93.7 Å². The van der Waals surface area contributed by atoms with Gasteiger partial charge in [-0.25, -0.2) is 0 Å². The molecule has 0 bridgehead atoms. The van der Waals surface area contributed by atoms with Crippen LogP contribution < -0.4 is 25.0 Å². The van der Waals surface area contributed by atoms with Crippen molar-refractivity contribution in [2.45, 2.75) is 0 Å². The predicted octanol–water partition coefficient (Wildman–Crippen LogP) is 2.92. The number of nitrogens with one attached hydrogen (secondary N) is 2. The largest absolute Gasteiger partial charge is 0.454 e. The Bertz CT molecular complexity index is 1010. The van der Waals surface area contributed by atoms with Crippen LogP contribution in [0.3, 0.4) is 0 Å². The van der Waals surface area contributed by atoms with Crippen molar-refractivity contribution in [1.29, 1.82) is 0 Å². The SMILES string of the molecule is c1ccc(N2CCOCC2)c(Nc2nncc(Nc3ccc4c(c3)OCO4)n2)c1. The minimum Gasteiger partial charge on any atom is -0.454 e. The van der Waals surface area contributed by atoms with Crippen LogP contribution in [-0.2, 0) is 4.74 Å². The van der Waals surface area contributed by atoms with E-state index >= 15 is 0 Å². The van der Waals surface area contributed by atoms with Gasteiger partial charge in [0.15, 0.2) is 17.3 Å². The number of hydrogen-bond donors (Lipinski definition) is 2. The Morgan fingerprint density at radius 2 is 1.79 bits per heavy atom. The van der Waals surface area contributed by atoms with E-state index in [9.17, 15) is 0 Å². The van der Waals surface area contributed by atoms with Crippen LogP contribution in [0, 0.1) is 0 Å². The van der Waals surface area contributed by atoms with Crippen molar-refractivity contribution >= 4 is 28.8 Å². The first kappa shape index (κ1) is 17.5. The summed E-state index contributed by atoms with van der Waals surface area (Å²) in [4.78, 5) is 6.82. The highest BCUT2D eigenvalue weighted by Crippen LogP contribution is 2.35. The van der Waals surface area contributed by atoms with Gasteiger partial charge in [-0.05, 0) is 24.3 Å². The number of ether oxygens (including phenoxy) is 3. The number of rotatable bonds is 5. The minimum atomic E-state index is 0.241. The van der Waals surface area contributed by atoms with Crippen LogP contribution in [0.15, 0.2) is 48.7 Å². The van der Waals surface area contributed by atoms with Crippen LogP contribution in [0.2, 0.25) is 0 Å². The molecule has 0 unspecified atom stereocenters. The number of morpholine rings is 1. The summed E-state index contributed by atoms with van der Waals surface area (Å²) >= 11 is 0. The second kappa shape index (κ2) is 7.80. The van der Waals surface area contributed by atoms with Gasteiger partial charge in [-0.1, -0.05) is 12.1 Å². The van der Waals surface area contributed by atoms with Crippen LogP contribution in [-0.4, -0.2) is 48.3 Å². The van der Waals surface area contributed by atoms with Gasteiger partial charge in [-0.2, -0.15) is 10.1 Å². The van der Waals surface area contributed by atoms with Gasteiger partial charge < -0.3 is 29.7 Å². The Hall–Kier alpha value is -3.59. The highest BCUT2D eigenvalue weighted by molar-refractivity contribution is 5.74. The van der Waals surface area contributed by atoms with Gasteiger partial charge in [0.2, 0.25) is 12.7 Å². The molecule has 148 valence electrons. The number of fused-ring (bicyclic) bond motifs is 1. The molecule has 0 atom stereocenters. The zero-order valence-corrected chi connectivity index (χ0v) is 15.7. The number of nitrogens with zero attached hydrogens (tertiary/aromatic N) is 4. The Balaban J connectivity index is 1.34. The second-order valence-corrected chi connectivity index (χ2v) is 6.60. The third-order valence-electron chi connectivity index (χ3n) is 4.71. The monoisotopic (exact) mass is 392 g/mol. The molecular weight excluding hydrogens is 372 g/mol. The fraction of sp³-hybridized carbons (Fsp3) is 0.250. The highest BCUT2D eigenvalue weighted by atomic mass is 16.7. The number of anilines is 5. The van der Waals surface area contributed by atoms with Crippen LogP contribution in [0.5, 0.6) is 11.5 Å². The van der Waals surface area contributed by atoms with E-state index in [2.05, 4.69) is 36.8 Å². The smallest absolute Gasteiger partial charge is 0.249 e. The highest BCUT2D eigenvalue weighted by Gasteiger charge is 2.16. The van der Waals surface area contributed by atoms with E-state index in [4.69, 9.17) is 14.2 Å². The lowest BCUT2D eigenvalue weighted by Crippen LogP contribution is -2.36. The molecule has 0 aliphatic carbocycles. The molecule has 0 spiro atoms. The van der Waals surface area contributed by atoms with Gasteiger partial charge in [0.1, 0.15) is 0 Å². The van der Waals surface area contributed by atoms with Crippen LogP contribution in [0.4, 0.5) is 28.8 Å². The lowest BCUT2D eigenvalue weighted by Gasteiger charge is -2.30. The molecule has 29 heavy (non-hydrogen) atoms. The average Bonchev–Trinajstić information content (AvgIpc) is 3.23. The van der Waals surface area contributed by atoms with Crippen LogP contribution in [0.1, 0.15) is 0 Å². The summed E-state index contributed by atoms with van der Waals surface area (Å²) in [5.41, 5.74) is 2.85. The van der Waals surface area contributed by atoms with E-state index in [0.717, 1.165) is 49.1 Å². The second-order valence-electron chi connectivity index (χ2n) is 6.60. The van der Waals surface area contributed by atoms with Gasteiger partial charge in [-0.15, -0.1) is 5.10 Å². The minimum absolute atomic E-state index is 0.241. The molecule has 1 fully saturated rings. The lowest BCUT2D eigenvalue weighted by molar-refractivity contribution is 0.123. The quantitative estimate of drug-likeness (QED) is 0.680. The molecule has 3 aromatic rings. The third kappa shape index (κ3) is 3.85. The third-order valence-corrected chi connectivity index (χ3v) is 4.71. The van der Waals surface area contributed by atoms with Crippen molar-refractivity contribution in [3.8, 4) is 11.5 Å². The molecule has 0 amide bonds. The summed E-state index contributed by atoms with van der Waals surface area (Å²) in [5, 5.41) is 14.7. The van der Waals surface area contributed by atoms with Crippen molar-refractivity contribution in [1.82, 2.24) is 15.2 Å². The summed E-state index contributed by atoms with van der Waals surface area (Å²) < 4.78 is 16.2. The van der Waals surface area contributed by atoms with E-state index in [1.54, 1.807) is 6.20 Å². The molecular formula is C20H20N6O3. The summed E-state index contributed by atoms with van der Waals surface area (Å²) in [6.07, 6.45) is 1.57. The molecule has 5 rings (SSSR count). The van der Waals surface area contributed by atoms with Crippen molar-refractivity contribution < 1.29 is 14.2 Å². The van der Waals surface area contributed by atoms with Gasteiger partial charge in [-0.3, -0.25) is 0 Å². The maximum atomic E-state index is 5.46. The lowest BCUT2D eigenvalue weighted by atomic mass is 10.2. The van der Waals surface area contributed by atoms with Gasteiger partial charge in [0, 0.05) is 24.8 Å². The van der Waals surface area contributed by atoms with E-state index in [1.165, 1.54) is 0 Å². The fourth-order valence-corrected chi connectivity index (χ4v) is 3.32. The summed E-state index contributed by atoms with van der Waals surface area (Å²) in [6.45, 7) is 3.39. The summed E-state index contributed by atoms with van der Waals surface area (Å²) in [7, 11) is 0. The zero-order valence-electron chi connectivity index (χ0n) is 15.7. The molecule has 1 aromatic heterocycles. The van der Waals surface area contributed by atoms with Crippen molar-refractivity contribution in [3.05, 3.63) is 48.7 Å². The Kier molecular flexibility index (Phi) is 4.71. The molecule has 2 aliphatic heterocycles.